The second kappa shape index (κ2) is 6.57. The van der Waals surface area contributed by atoms with Gasteiger partial charge in [0.15, 0.2) is 5.82 Å². The van der Waals surface area contributed by atoms with Crippen LogP contribution in [0, 0.1) is 6.92 Å². The highest BCUT2D eigenvalue weighted by Gasteiger charge is 2.33. The van der Waals surface area contributed by atoms with Crippen molar-refractivity contribution in [1.82, 2.24) is 19.7 Å². The highest BCUT2D eigenvalue weighted by molar-refractivity contribution is 7.14. The molecule has 3 aromatic rings. The number of pyridine rings is 1. The van der Waals surface area contributed by atoms with E-state index in [-0.39, 0.29) is 6.04 Å². The van der Waals surface area contributed by atoms with Gasteiger partial charge >= 0.3 is 0 Å². The molecule has 1 aliphatic rings. The van der Waals surface area contributed by atoms with Crippen molar-refractivity contribution in [2.45, 2.75) is 38.6 Å². The van der Waals surface area contributed by atoms with E-state index in [9.17, 15) is 0 Å². The maximum atomic E-state index is 5.98. The summed E-state index contributed by atoms with van der Waals surface area (Å²) in [6.07, 6.45) is 3.65. The van der Waals surface area contributed by atoms with Gasteiger partial charge in [0, 0.05) is 16.8 Å². The normalized spacial score (nSPS) is 19.6. The van der Waals surface area contributed by atoms with Crippen molar-refractivity contribution in [3.05, 3.63) is 41.2 Å². The van der Waals surface area contributed by atoms with Crippen LogP contribution in [0.2, 0.25) is 0 Å². The van der Waals surface area contributed by atoms with Crippen LogP contribution in [0.3, 0.4) is 0 Å². The van der Waals surface area contributed by atoms with Crippen molar-refractivity contribution in [3.8, 4) is 22.3 Å². The summed E-state index contributed by atoms with van der Waals surface area (Å²) >= 11 is 1.73. The van der Waals surface area contributed by atoms with E-state index in [2.05, 4.69) is 38.8 Å². The summed E-state index contributed by atoms with van der Waals surface area (Å²) in [6.45, 7) is 4.68. The molecule has 2 N–H and O–H groups in total. The van der Waals surface area contributed by atoms with E-state index >= 15 is 0 Å². The Bertz CT molecular complexity index is 864. The van der Waals surface area contributed by atoms with Crippen LogP contribution in [-0.4, -0.2) is 32.4 Å². The topological polar surface area (TPSA) is 78.9 Å². The van der Waals surface area contributed by atoms with Crippen molar-refractivity contribution in [2.75, 3.05) is 6.61 Å². The number of hydrogen-bond acceptors (Lipinski definition) is 6. The van der Waals surface area contributed by atoms with Crippen LogP contribution >= 0.6 is 11.3 Å². The van der Waals surface area contributed by atoms with Gasteiger partial charge in [-0.25, -0.2) is 4.98 Å². The zero-order valence-corrected chi connectivity index (χ0v) is 15.2. The molecule has 4 rings (SSSR count). The maximum Gasteiger partial charge on any atom is 0.187 e. The first-order valence-electron chi connectivity index (χ1n) is 8.52. The molecule has 3 heterocycles. The van der Waals surface area contributed by atoms with E-state index in [0.29, 0.717) is 12.5 Å². The highest BCUT2D eigenvalue weighted by Crippen LogP contribution is 2.38. The zero-order chi connectivity index (χ0) is 17.4. The van der Waals surface area contributed by atoms with Crippen LogP contribution in [0.15, 0.2) is 30.5 Å². The third-order valence-corrected chi connectivity index (χ3v) is 5.44. The number of nitrogens with zero attached hydrogens (tertiary/aromatic N) is 4. The van der Waals surface area contributed by atoms with Gasteiger partial charge in [0.05, 0.1) is 12.8 Å². The molecule has 3 aromatic heterocycles. The Labute approximate surface area is 150 Å². The zero-order valence-electron chi connectivity index (χ0n) is 14.3. The molecule has 7 heteroatoms. The molecule has 0 saturated heterocycles. The second-order valence-corrected chi connectivity index (χ2v) is 7.61. The lowest BCUT2D eigenvalue weighted by molar-refractivity contribution is 0.335. The molecule has 1 saturated carbocycles. The van der Waals surface area contributed by atoms with Crippen LogP contribution in [0.1, 0.15) is 36.4 Å². The van der Waals surface area contributed by atoms with Gasteiger partial charge in [0.2, 0.25) is 0 Å². The van der Waals surface area contributed by atoms with E-state index in [1.165, 1.54) is 4.88 Å². The monoisotopic (exact) mass is 355 g/mol. The SMILES string of the molecule is CCOc1ccc(-c2nnc(C3CC(N)C3)n2-c2ccc(C)s2)nc1. The predicted octanol–water partition coefficient (Wildman–Crippen LogP) is 3.30. The summed E-state index contributed by atoms with van der Waals surface area (Å²) in [5, 5.41) is 10.1. The van der Waals surface area contributed by atoms with Gasteiger partial charge in [-0.15, -0.1) is 21.5 Å². The van der Waals surface area contributed by atoms with Crippen LogP contribution in [0.25, 0.3) is 16.5 Å². The minimum atomic E-state index is 0.271. The molecule has 0 aliphatic heterocycles. The van der Waals surface area contributed by atoms with E-state index < -0.39 is 0 Å². The van der Waals surface area contributed by atoms with Gasteiger partial charge in [-0.2, -0.15) is 0 Å². The average Bonchev–Trinajstić information content (AvgIpc) is 3.19. The Morgan fingerprint density at radius 1 is 1.24 bits per heavy atom. The molecular weight excluding hydrogens is 334 g/mol. The number of thiophene rings is 1. The van der Waals surface area contributed by atoms with E-state index in [1.807, 2.05) is 19.1 Å². The fourth-order valence-electron chi connectivity index (χ4n) is 3.12. The summed E-state index contributed by atoms with van der Waals surface area (Å²) < 4.78 is 7.62. The van der Waals surface area contributed by atoms with Crippen LogP contribution in [0.4, 0.5) is 0 Å². The summed E-state index contributed by atoms with van der Waals surface area (Å²) in [5.41, 5.74) is 6.77. The number of aromatic nitrogens is 4. The Balaban J connectivity index is 1.76. The van der Waals surface area contributed by atoms with E-state index in [1.54, 1.807) is 17.5 Å². The molecule has 0 aromatic carbocycles. The van der Waals surface area contributed by atoms with E-state index in [4.69, 9.17) is 10.5 Å². The molecule has 1 fully saturated rings. The minimum absolute atomic E-state index is 0.271. The number of rotatable bonds is 5. The molecule has 0 unspecified atom stereocenters. The summed E-state index contributed by atoms with van der Waals surface area (Å²) in [4.78, 5) is 5.78. The van der Waals surface area contributed by atoms with Crippen LogP contribution in [0.5, 0.6) is 5.75 Å². The van der Waals surface area contributed by atoms with Gasteiger partial charge in [-0.05, 0) is 51.0 Å². The Kier molecular flexibility index (Phi) is 4.27. The molecule has 1 aliphatic carbocycles. The molecule has 130 valence electrons. The molecule has 0 radical (unpaired) electrons. The van der Waals surface area contributed by atoms with Gasteiger partial charge < -0.3 is 10.5 Å². The fraction of sp³-hybridized carbons (Fsp3) is 0.389. The summed E-state index contributed by atoms with van der Waals surface area (Å²) in [7, 11) is 0. The van der Waals surface area contributed by atoms with Crippen molar-refractivity contribution in [3.63, 3.8) is 0 Å². The number of ether oxygens (including phenoxy) is 1. The lowest BCUT2D eigenvalue weighted by atomic mass is 9.80. The van der Waals surface area contributed by atoms with Crippen molar-refractivity contribution < 1.29 is 4.74 Å². The summed E-state index contributed by atoms with van der Waals surface area (Å²) in [6, 6.07) is 8.35. The molecular formula is C18H21N5OS. The lowest BCUT2D eigenvalue weighted by Crippen LogP contribution is -2.36. The van der Waals surface area contributed by atoms with E-state index in [0.717, 1.165) is 40.9 Å². The van der Waals surface area contributed by atoms with Crippen molar-refractivity contribution >= 4 is 11.3 Å². The summed E-state index contributed by atoms with van der Waals surface area (Å²) in [5.74, 6) is 2.87. The first kappa shape index (κ1) is 16.2. The van der Waals surface area contributed by atoms with Gasteiger partial charge in [-0.3, -0.25) is 4.57 Å². The largest absolute Gasteiger partial charge is 0.492 e. The highest BCUT2D eigenvalue weighted by atomic mass is 32.1. The number of hydrogen-bond donors (Lipinski definition) is 1. The third-order valence-electron chi connectivity index (χ3n) is 4.45. The Hall–Kier alpha value is -2.25. The molecule has 0 bridgehead atoms. The van der Waals surface area contributed by atoms with Gasteiger partial charge in [-0.1, -0.05) is 0 Å². The Morgan fingerprint density at radius 3 is 2.68 bits per heavy atom. The van der Waals surface area contributed by atoms with Crippen molar-refractivity contribution in [2.24, 2.45) is 5.73 Å². The molecule has 0 atom stereocenters. The quantitative estimate of drug-likeness (QED) is 0.760. The number of nitrogens with two attached hydrogens (primary N) is 1. The Morgan fingerprint density at radius 2 is 2.08 bits per heavy atom. The van der Waals surface area contributed by atoms with Crippen LogP contribution in [-0.2, 0) is 0 Å². The van der Waals surface area contributed by atoms with Crippen molar-refractivity contribution in [1.29, 1.82) is 0 Å². The molecule has 0 amide bonds. The number of aryl methyl sites for hydroxylation is 1. The smallest absolute Gasteiger partial charge is 0.187 e. The second-order valence-electron chi connectivity index (χ2n) is 6.34. The fourth-order valence-corrected chi connectivity index (χ4v) is 4.00. The first-order valence-corrected chi connectivity index (χ1v) is 9.34. The van der Waals surface area contributed by atoms with Gasteiger partial charge in [0.1, 0.15) is 22.3 Å². The predicted molar refractivity (Wildman–Crippen MR) is 98.3 cm³/mol. The molecule has 25 heavy (non-hydrogen) atoms. The molecule has 0 spiro atoms. The molecule has 6 nitrogen and oxygen atoms in total. The maximum absolute atomic E-state index is 5.98. The lowest BCUT2D eigenvalue weighted by Gasteiger charge is -2.31. The standard InChI is InChI=1S/C18H21N5OS/c1-3-24-14-5-6-15(20-10-14)18-22-21-17(12-8-13(19)9-12)23(18)16-7-4-11(2)25-16/h4-7,10,12-13H,3,8-9,19H2,1-2H3. The minimum Gasteiger partial charge on any atom is -0.492 e. The third kappa shape index (κ3) is 3.05. The average molecular weight is 355 g/mol. The van der Waals surface area contributed by atoms with Gasteiger partial charge in [0.25, 0.3) is 0 Å². The van der Waals surface area contributed by atoms with Crippen LogP contribution < -0.4 is 10.5 Å². The first-order chi connectivity index (χ1) is 12.2.